The minimum atomic E-state index is -0.00687. The zero-order chi connectivity index (χ0) is 19.6. The molecule has 5 nitrogen and oxygen atoms in total. The fourth-order valence-corrected chi connectivity index (χ4v) is 4.18. The van der Waals surface area contributed by atoms with E-state index in [0.29, 0.717) is 38.0 Å². The van der Waals surface area contributed by atoms with E-state index in [1.807, 2.05) is 24.3 Å². The maximum absolute atomic E-state index is 12.1. The van der Waals surface area contributed by atoms with Crippen molar-refractivity contribution >= 4 is 11.8 Å². The molecule has 28 heavy (non-hydrogen) atoms. The molecule has 0 aromatic heterocycles. The number of benzene rings is 1. The highest BCUT2D eigenvalue weighted by atomic mass is 16.5. The predicted molar refractivity (Wildman–Crippen MR) is 110 cm³/mol. The number of carbonyl (C=O) groups excluding carboxylic acids is 2. The molecule has 0 unspecified atom stereocenters. The van der Waals surface area contributed by atoms with Crippen molar-refractivity contribution in [3.63, 3.8) is 0 Å². The SMILES string of the molecule is O=C(CCc1cccc(OC2CCCC2)c1)NCCC(=O)NC1CCCCC1. The lowest BCUT2D eigenvalue weighted by molar-refractivity contribution is -0.122. The van der Waals surface area contributed by atoms with Crippen LogP contribution >= 0.6 is 0 Å². The highest BCUT2D eigenvalue weighted by Crippen LogP contribution is 2.24. The molecule has 2 aliphatic carbocycles. The summed E-state index contributed by atoms with van der Waals surface area (Å²) in [5.74, 6) is 0.945. The Morgan fingerprint density at radius 3 is 2.46 bits per heavy atom. The molecule has 0 radical (unpaired) electrons. The fraction of sp³-hybridized carbons (Fsp3) is 0.652. The van der Waals surface area contributed by atoms with Crippen LogP contribution in [0.4, 0.5) is 0 Å². The van der Waals surface area contributed by atoms with Crippen molar-refractivity contribution in [3.8, 4) is 5.75 Å². The molecular weight excluding hydrogens is 352 g/mol. The molecule has 1 aromatic carbocycles. The van der Waals surface area contributed by atoms with E-state index in [9.17, 15) is 9.59 Å². The zero-order valence-corrected chi connectivity index (χ0v) is 16.9. The summed E-state index contributed by atoms with van der Waals surface area (Å²) in [6.45, 7) is 0.405. The average molecular weight is 387 g/mol. The first-order chi connectivity index (χ1) is 13.7. The molecule has 2 saturated carbocycles. The average Bonchev–Trinajstić information content (AvgIpc) is 3.20. The number of hydrogen-bond donors (Lipinski definition) is 2. The Morgan fingerprint density at radius 1 is 0.929 bits per heavy atom. The van der Waals surface area contributed by atoms with Crippen molar-refractivity contribution in [3.05, 3.63) is 29.8 Å². The summed E-state index contributed by atoms with van der Waals surface area (Å²) < 4.78 is 6.03. The topological polar surface area (TPSA) is 67.4 Å². The van der Waals surface area contributed by atoms with E-state index in [-0.39, 0.29) is 11.8 Å². The second-order valence-electron chi connectivity index (χ2n) is 8.17. The molecule has 0 aliphatic heterocycles. The van der Waals surface area contributed by atoms with Gasteiger partial charge in [-0.05, 0) is 62.6 Å². The summed E-state index contributed by atoms with van der Waals surface area (Å²) >= 11 is 0. The predicted octanol–water partition coefficient (Wildman–Crippen LogP) is 3.90. The Morgan fingerprint density at radius 2 is 1.68 bits per heavy atom. The van der Waals surface area contributed by atoms with Crippen LogP contribution in [-0.2, 0) is 16.0 Å². The van der Waals surface area contributed by atoms with Gasteiger partial charge in [-0.2, -0.15) is 0 Å². The molecule has 154 valence electrons. The van der Waals surface area contributed by atoms with Gasteiger partial charge in [0.2, 0.25) is 11.8 Å². The van der Waals surface area contributed by atoms with Crippen molar-refractivity contribution < 1.29 is 14.3 Å². The summed E-state index contributed by atoms with van der Waals surface area (Å²) in [5.41, 5.74) is 1.11. The van der Waals surface area contributed by atoms with Crippen LogP contribution in [0.3, 0.4) is 0 Å². The second-order valence-corrected chi connectivity index (χ2v) is 8.17. The normalized spacial score (nSPS) is 18.0. The molecule has 1 aromatic rings. The quantitative estimate of drug-likeness (QED) is 0.676. The summed E-state index contributed by atoms with van der Waals surface area (Å²) in [6.07, 6.45) is 12.4. The summed E-state index contributed by atoms with van der Waals surface area (Å²) in [5, 5.41) is 5.95. The molecule has 0 spiro atoms. The molecule has 5 heteroatoms. The first kappa shape index (κ1) is 20.7. The molecule has 3 rings (SSSR count). The van der Waals surface area contributed by atoms with Gasteiger partial charge in [0.05, 0.1) is 6.10 Å². The van der Waals surface area contributed by atoms with Gasteiger partial charge in [0, 0.05) is 25.4 Å². The van der Waals surface area contributed by atoms with E-state index in [1.165, 1.54) is 32.1 Å². The van der Waals surface area contributed by atoms with E-state index in [2.05, 4.69) is 10.6 Å². The number of amides is 2. The van der Waals surface area contributed by atoms with Gasteiger partial charge in [-0.3, -0.25) is 9.59 Å². The van der Waals surface area contributed by atoms with Crippen molar-refractivity contribution in [2.45, 2.75) is 89.2 Å². The number of rotatable bonds is 9. The van der Waals surface area contributed by atoms with E-state index in [4.69, 9.17) is 4.74 Å². The molecule has 2 aliphatic rings. The molecule has 2 N–H and O–H groups in total. The summed E-state index contributed by atoms with van der Waals surface area (Å²) in [7, 11) is 0. The Labute approximate surface area is 168 Å². The Balaban J connectivity index is 1.31. The third-order valence-electron chi connectivity index (χ3n) is 5.79. The maximum Gasteiger partial charge on any atom is 0.221 e. The van der Waals surface area contributed by atoms with Crippen molar-refractivity contribution in [2.75, 3.05) is 6.54 Å². The van der Waals surface area contributed by atoms with Crippen LogP contribution in [0.1, 0.15) is 76.2 Å². The van der Waals surface area contributed by atoms with Crippen LogP contribution in [0, 0.1) is 0 Å². The van der Waals surface area contributed by atoms with Crippen LogP contribution < -0.4 is 15.4 Å². The van der Waals surface area contributed by atoms with E-state index >= 15 is 0 Å². The highest BCUT2D eigenvalue weighted by Gasteiger charge is 2.17. The van der Waals surface area contributed by atoms with Gasteiger partial charge in [-0.15, -0.1) is 0 Å². The van der Waals surface area contributed by atoms with Crippen LogP contribution in [0.25, 0.3) is 0 Å². The standard InChI is InChI=1S/C23H34N2O3/c26-22(24-16-15-23(27)25-19-8-2-1-3-9-19)14-13-18-7-6-12-21(17-18)28-20-10-4-5-11-20/h6-7,12,17,19-20H,1-5,8-11,13-16H2,(H,24,26)(H,25,27). The van der Waals surface area contributed by atoms with Crippen molar-refractivity contribution in [1.82, 2.24) is 10.6 Å². The van der Waals surface area contributed by atoms with Crippen LogP contribution in [0.15, 0.2) is 24.3 Å². The van der Waals surface area contributed by atoms with Gasteiger partial charge in [0.1, 0.15) is 5.75 Å². The Bertz CT molecular complexity index is 634. The first-order valence-electron chi connectivity index (χ1n) is 11.0. The maximum atomic E-state index is 12.1. The minimum Gasteiger partial charge on any atom is -0.490 e. The van der Waals surface area contributed by atoms with E-state index < -0.39 is 0 Å². The lowest BCUT2D eigenvalue weighted by atomic mass is 9.95. The van der Waals surface area contributed by atoms with Crippen LogP contribution in [0.2, 0.25) is 0 Å². The van der Waals surface area contributed by atoms with Crippen molar-refractivity contribution in [1.29, 1.82) is 0 Å². The monoisotopic (exact) mass is 386 g/mol. The molecule has 2 amide bonds. The third kappa shape index (κ3) is 7.17. The van der Waals surface area contributed by atoms with Gasteiger partial charge in [0.25, 0.3) is 0 Å². The number of carbonyl (C=O) groups is 2. The largest absolute Gasteiger partial charge is 0.490 e. The van der Waals surface area contributed by atoms with Gasteiger partial charge < -0.3 is 15.4 Å². The Kier molecular flexibility index (Phi) is 8.19. The molecule has 0 heterocycles. The highest BCUT2D eigenvalue weighted by molar-refractivity contribution is 5.79. The third-order valence-corrected chi connectivity index (χ3v) is 5.79. The summed E-state index contributed by atoms with van der Waals surface area (Å²) in [4.78, 5) is 24.1. The lowest BCUT2D eigenvalue weighted by Gasteiger charge is -2.22. The van der Waals surface area contributed by atoms with Crippen LogP contribution in [-0.4, -0.2) is 30.5 Å². The number of aryl methyl sites for hydroxylation is 1. The summed E-state index contributed by atoms with van der Waals surface area (Å²) in [6, 6.07) is 8.39. The fourth-order valence-electron chi connectivity index (χ4n) is 4.18. The van der Waals surface area contributed by atoms with Gasteiger partial charge in [-0.25, -0.2) is 0 Å². The molecular formula is C23H34N2O3. The minimum absolute atomic E-state index is 0.00687. The molecule has 0 atom stereocenters. The van der Waals surface area contributed by atoms with Gasteiger partial charge in [-0.1, -0.05) is 31.4 Å². The molecule has 2 fully saturated rings. The first-order valence-corrected chi connectivity index (χ1v) is 11.0. The van der Waals surface area contributed by atoms with E-state index in [1.54, 1.807) is 0 Å². The number of hydrogen-bond acceptors (Lipinski definition) is 3. The second kappa shape index (κ2) is 11.1. The smallest absolute Gasteiger partial charge is 0.221 e. The van der Waals surface area contributed by atoms with E-state index in [0.717, 1.165) is 37.0 Å². The molecule has 0 saturated heterocycles. The lowest BCUT2D eigenvalue weighted by Crippen LogP contribution is -2.38. The van der Waals surface area contributed by atoms with Crippen LogP contribution in [0.5, 0.6) is 5.75 Å². The van der Waals surface area contributed by atoms with Gasteiger partial charge in [0.15, 0.2) is 0 Å². The molecule has 0 bridgehead atoms. The number of ether oxygens (including phenoxy) is 1. The van der Waals surface area contributed by atoms with Gasteiger partial charge >= 0.3 is 0 Å². The Hall–Kier alpha value is -2.04. The number of nitrogens with one attached hydrogen (secondary N) is 2. The van der Waals surface area contributed by atoms with Crippen molar-refractivity contribution in [2.24, 2.45) is 0 Å². The zero-order valence-electron chi connectivity index (χ0n) is 16.9.